The van der Waals surface area contributed by atoms with E-state index < -0.39 is 7.26 Å². The van der Waals surface area contributed by atoms with Crippen LogP contribution in [0.5, 0.6) is 0 Å². The zero-order valence-electron chi connectivity index (χ0n) is 17.0. The normalized spacial score (nSPS) is 11.2. The minimum Gasteiger partial charge on any atom is -1.00 e. The van der Waals surface area contributed by atoms with Gasteiger partial charge < -0.3 is 21.9 Å². The summed E-state index contributed by atoms with van der Waals surface area (Å²) in [4.78, 5) is 2.54. The van der Waals surface area contributed by atoms with E-state index in [1.807, 2.05) is 0 Å². The number of nitrogens with zero attached hydrogens (tertiary/aromatic N) is 1. The molecule has 28 heavy (non-hydrogen) atoms. The van der Waals surface area contributed by atoms with Crippen LogP contribution in [0.25, 0.3) is 0 Å². The number of halogens is 1. The number of benzene rings is 3. The third-order valence-electron chi connectivity index (χ3n) is 5.45. The molecule has 0 fully saturated rings. The number of rotatable bonds is 9. The lowest BCUT2D eigenvalue weighted by atomic mass is 10.3. The largest absolute Gasteiger partial charge is 1.00 e. The van der Waals surface area contributed by atoms with Crippen molar-refractivity contribution in [2.24, 2.45) is 0 Å². The maximum atomic E-state index is 2.54. The Hall–Kier alpha value is -1.47. The van der Waals surface area contributed by atoms with Crippen LogP contribution in [0.15, 0.2) is 91.0 Å². The molecule has 0 aliphatic heterocycles. The standard InChI is InChI=1S/C25H31NP.BrH/c1-3-26(4-2)21-14-22-27(23-15-8-5-9-16-23,24-17-10-6-11-18-24)25-19-12-7-13-20-25;/h5-13,15-20H,3-4,14,21-22H2,1-2H3;1H/q+1;/p-1. The van der Waals surface area contributed by atoms with Gasteiger partial charge >= 0.3 is 0 Å². The molecule has 3 aromatic carbocycles. The van der Waals surface area contributed by atoms with Crippen LogP contribution < -0.4 is 32.9 Å². The average molecular weight is 456 g/mol. The lowest BCUT2D eigenvalue weighted by Gasteiger charge is -2.28. The summed E-state index contributed by atoms with van der Waals surface area (Å²) in [6.45, 7) is 7.95. The second-order valence-electron chi connectivity index (χ2n) is 6.92. The quantitative estimate of drug-likeness (QED) is 0.444. The summed E-state index contributed by atoms with van der Waals surface area (Å²) in [7, 11) is -1.66. The van der Waals surface area contributed by atoms with Gasteiger partial charge in [0.05, 0.1) is 6.16 Å². The van der Waals surface area contributed by atoms with Crippen molar-refractivity contribution >= 4 is 23.2 Å². The van der Waals surface area contributed by atoms with Gasteiger partial charge in [-0.15, -0.1) is 0 Å². The maximum absolute atomic E-state index is 2.54. The van der Waals surface area contributed by atoms with E-state index in [0.29, 0.717) is 0 Å². The van der Waals surface area contributed by atoms with E-state index in [9.17, 15) is 0 Å². The smallest absolute Gasteiger partial charge is 0.112 e. The zero-order valence-corrected chi connectivity index (χ0v) is 19.4. The average Bonchev–Trinajstić information content (AvgIpc) is 2.76. The summed E-state index contributed by atoms with van der Waals surface area (Å²) < 4.78 is 0. The molecule has 0 atom stereocenters. The van der Waals surface area contributed by atoms with Gasteiger partial charge in [0.2, 0.25) is 0 Å². The van der Waals surface area contributed by atoms with Gasteiger partial charge in [-0.25, -0.2) is 0 Å². The molecule has 0 bridgehead atoms. The van der Waals surface area contributed by atoms with Crippen LogP contribution in [0.4, 0.5) is 0 Å². The molecule has 3 rings (SSSR count). The fourth-order valence-electron chi connectivity index (χ4n) is 3.95. The monoisotopic (exact) mass is 455 g/mol. The maximum Gasteiger partial charge on any atom is 0.112 e. The van der Waals surface area contributed by atoms with E-state index >= 15 is 0 Å². The Balaban J connectivity index is 0.00000280. The topological polar surface area (TPSA) is 3.24 Å². The molecule has 0 aliphatic rings. The first-order chi connectivity index (χ1) is 13.3. The van der Waals surface area contributed by atoms with Crippen LogP contribution in [-0.4, -0.2) is 30.7 Å². The summed E-state index contributed by atoms with van der Waals surface area (Å²) in [5.41, 5.74) is 0. The number of hydrogen-bond acceptors (Lipinski definition) is 1. The molecule has 0 aliphatic carbocycles. The molecule has 0 N–H and O–H groups in total. The Morgan fingerprint density at radius 2 is 0.964 bits per heavy atom. The highest BCUT2D eigenvalue weighted by molar-refractivity contribution is 7.95. The van der Waals surface area contributed by atoms with Crippen molar-refractivity contribution in [3.8, 4) is 0 Å². The Labute approximate surface area is 181 Å². The van der Waals surface area contributed by atoms with Crippen LogP contribution in [0.3, 0.4) is 0 Å². The van der Waals surface area contributed by atoms with Gasteiger partial charge in [0.25, 0.3) is 0 Å². The Morgan fingerprint density at radius 1 is 0.607 bits per heavy atom. The lowest BCUT2D eigenvalue weighted by molar-refractivity contribution is -0.00000546. The highest BCUT2D eigenvalue weighted by atomic mass is 79.9. The first-order valence-corrected chi connectivity index (χ1v) is 12.1. The third kappa shape index (κ3) is 5.11. The van der Waals surface area contributed by atoms with Crippen molar-refractivity contribution in [3.05, 3.63) is 91.0 Å². The molecular weight excluding hydrogens is 425 g/mol. The van der Waals surface area contributed by atoms with Gasteiger partial charge in [-0.3, -0.25) is 0 Å². The summed E-state index contributed by atoms with van der Waals surface area (Å²) in [5, 5.41) is 4.46. The van der Waals surface area contributed by atoms with E-state index in [0.717, 1.165) is 13.1 Å². The van der Waals surface area contributed by atoms with Crippen molar-refractivity contribution in [2.45, 2.75) is 20.3 Å². The first-order valence-electron chi connectivity index (χ1n) is 10.1. The van der Waals surface area contributed by atoms with Crippen molar-refractivity contribution in [1.29, 1.82) is 0 Å². The van der Waals surface area contributed by atoms with Crippen LogP contribution in [0, 0.1) is 0 Å². The molecule has 0 heterocycles. The molecular formula is C25H31BrNP. The lowest BCUT2D eigenvalue weighted by Crippen LogP contribution is -3.00. The fraction of sp³-hybridized carbons (Fsp3) is 0.280. The fourth-order valence-corrected chi connectivity index (χ4v) is 8.28. The second-order valence-corrected chi connectivity index (χ2v) is 10.5. The Morgan fingerprint density at radius 3 is 1.29 bits per heavy atom. The molecule has 0 amide bonds. The molecule has 3 heteroatoms. The van der Waals surface area contributed by atoms with Crippen molar-refractivity contribution in [1.82, 2.24) is 4.90 Å². The van der Waals surface area contributed by atoms with E-state index in [1.165, 1.54) is 35.0 Å². The molecule has 0 radical (unpaired) electrons. The van der Waals surface area contributed by atoms with Crippen LogP contribution in [0.1, 0.15) is 20.3 Å². The van der Waals surface area contributed by atoms with Gasteiger partial charge in [0.1, 0.15) is 23.2 Å². The Bertz CT molecular complexity index is 692. The molecule has 0 saturated carbocycles. The van der Waals surface area contributed by atoms with E-state index in [4.69, 9.17) is 0 Å². The molecule has 0 aromatic heterocycles. The number of hydrogen-bond donors (Lipinski definition) is 0. The SMILES string of the molecule is CCN(CC)CCC[P+](c1ccccc1)(c1ccccc1)c1ccccc1.[Br-]. The van der Waals surface area contributed by atoms with Crippen molar-refractivity contribution in [3.63, 3.8) is 0 Å². The van der Waals surface area contributed by atoms with Crippen molar-refractivity contribution < 1.29 is 17.0 Å². The third-order valence-corrected chi connectivity index (χ3v) is 9.98. The van der Waals surface area contributed by atoms with Crippen LogP contribution >= 0.6 is 7.26 Å². The molecule has 1 nitrogen and oxygen atoms in total. The summed E-state index contributed by atoms with van der Waals surface area (Å²) in [5.74, 6) is 0. The van der Waals surface area contributed by atoms with Gasteiger partial charge in [-0.2, -0.15) is 0 Å². The minimum atomic E-state index is -1.66. The van der Waals surface area contributed by atoms with Crippen molar-refractivity contribution in [2.75, 3.05) is 25.8 Å². The molecule has 0 saturated heterocycles. The first kappa shape index (κ1) is 22.8. The van der Waals surface area contributed by atoms with E-state index in [2.05, 4.69) is 110 Å². The summed E-state index contributed by atoms with van der Waals surface area (Å²) in [6.07, 6.45) is 2.43. The van der Waals surface area contributed by atoms with E-state index in [1.54, 1.807) is 0 Å². The highest BCUT2D eigenvalue weighted by Crippen LogP contribution is 2.55. The predicted octanol–water partition coefficient (Wildman–Crippen LogP) is 1.72. The Kier molecular flexibility index (Phi) is 9.38. The second kappa shape index (κ2) is 11.5. The molecule has 0 spiro atoms. The predicted molar refractivity (Wildman–Crippen MR) is 122 cm³/mol. The van der Waals surface area contributed by atoms with Crippen LogP contribution in [-0.2, 0) is 0 Å². The van der Waals surface area contributed by atoms with Crippen LogP contribution in [0.2, 0.25) is 0 Å². The zero-order chi connectivity index (χ0) is 19.0. The van der Waals surface area contributed by atoms with Gasteiger partial charge in [0.15, 0.2) is 0 Å². The molecule has 0 unspecified atom stereocenters. The van der Waals surface area contributed by atoms with Gasteiger partial charge in [-0.1, -0.05) is 68.4 Å². The van der Waals surface area contributed by atoms with E-state index in [-0.39, 0.29) is 17.0 Å². The van der Waals surface area contributed by atoms with Gasteiger partial charge in [0, 0.05) is 6.54 Å². The highest BCUT2D eigenvalue weighted by Gasteiger charge is 2.44. The minimum absolute atomic E-state index is 0. The van der Waals surface area contributed by atoms with Gasteiger partial charge in [-0.05, 0) is 55.9 Å². The summed E-state index contributed by atoms with van der Waals surface area (Å²) >= 11 is 0. The summed E-state index contributed by atoms with van der Waals surface area (Å²) in [6, 6.07) is 33.6. The molecule has 148 valence electrons. The molecule has 3 aromatic rings.